The molecule has 0 unspecified atom stereocenters. The number of esters is 1. The molecule has 0 bridgehead atoms. The van der Waals surface area contributed by atoms with Gasteiger partial charge in [-0.15, -0.1) is 0 Å². The summed E-state index contributed by atoms with van der Waals surface area (Å²) in [5.41, 5.74) is 1.12. The molecule has 0 aliphatic rings. The van der Waals surface area contributed by atoms with Crippen molar-refractivity contribution in [3.05, 3.63) is 39.6 Å². The summed E-state index contributed by atoms with van der Waals surface area (Å²) >= 11 is 0. The van der Waals surface area contributed by atoms with Gasteiger partial charge in [-0.05, 0) is 19.9 Å². The Kier molecular flexibility index (Phi) is 3.85. The van der Waals surface area contributed by atoms with Crippen molar-refractivity contribution in [2.75, 3.05) is 13.7 Å². The SMILES string of the molecule is COC(=O)c1c(C)nc(C)c2c(=O)n(CCO)ccc12. The summed E-state index contributed by atoms with van der Waals surface area (Å²) in [5, 5.41) is 9.87. The van der Waals surface area contributed by atoms with E-state index in [1.807, 2.05) is 0 Å². The van der Waals surface area contributed by atoms with Gasteiger partial charge in [0.25, 0.3) is 5.56 Å². The number of aliphatic hydroxyl groups is 1. The van der Waals surface area contributed by atoms with Crippen LogP contribution in [-0.2, 0) is 11.3 Å². The molecule has 0 saturated heterocycles. The zero-order valence-corrected chi connectivity index (χ0v) is 11.6. The van der Waals surface area contributed by atoms with E-state index in [2.05, 4.69) is 4.98 Å². The number of fused-ring (bicyclic) bond motifs is 1. The molecule has 2 heterocycles. The minimum Gasteiger partial charge on any atom is -0.465 e. The van der Waals surface area contributed by atoms with Crippen LogP contribution in [0.15, 0.2) is 17.1 Å². The highest BCUT2D eigenvalue weighted by molar-refractivity contribution is 6.05. The van der Waals surface area contributed by atoms with Crippen LogP contribution < -0.4 is 5.56 Å². The summed E-state index contributed by atoms with van der Waals surface area (Å²) in [6.45, 7) is 3.50. The first kappa shape index (κ1) is 14.2. The molecule has 0 atom stereocenters. The highest BCUT2D eigenvalue weighted by Crippen LogP contribution is 2.21. The number of pyridine rings is 2. The topological polar surface area (TPSA) is 81.4 Å². The Balaban J connectivity index is 2.88. The van der Waals surface area contributed by atoms with Crippen LogP contribution in [0.5, 0.6) is 0 Å². The lowest BCUT2D eigenvalue weighted by Crippen LogP contribution is -2.23. The zero-order chi connectivity index (χ0) is 14.9. The van der Waals surface area contributed by atoms with E-state index in [4.69, 9.17) is 9.84 Å². The van der Waals surface area contributed by atoms with E-state index in [9.17, 15) is 9.59 Å². The molecule has 106 valence electrons. The largest absolute Gasteiger partial charge is 0.465 e. The maximum atomic E-state index is 12.4. The molecule has 2 rings (SSSR count). The average molecular weight is 276 g/mol. The first-order valence-electron chi connectivity index (χ1n) is 6.20. The van der Waals surface area contributed by atoms with Gasteiger partial charge in [0, 0.05) is 18.1 Å². The monoisotopic (exact) mass is 276 g/mol. The van der Waals surface area contributed by atoms with E-state index in [1.165, 1.54) is 11.7 Å². The molecule has 0 amide bonds. The summed E-state index contributed by atoms with van der Waals surface area (Å²) in [5.74, 6) is -0.515. The minimum absolute atomic E-state index is 0.131. The predicted molar refractivity (Wildman–Crippen MR) is 73.9 cm³/mol. The number of aryl methyl sites for hydroxylation is 2. The summed E-state index contributed by atoms with van der Waals surface area (Å²) in [4.78, 5) is 28.5. The van der Waals surface area contributed by atoms with Gasteiger partial charge in [-0.25, -0.2) is 4.79 Å². The fraction of sp³-hybridized carbons (Fsp3) is 0.357. The average Bonchev–Trinajstić information content (AvgIpc) is 2.41. The Morgan fingerprint density at radius 1 is 1.40 bits per heavy atom. The molecular weight excluding hydrogens is 260 g/mol. The predicted octanol–water partition coefficient (Wildman–Crippen LogP) is 0.792. The Hall–Kier alpha value is -2.21. The molecule has 1 N–H and O–H groups in total. The lowest BCUT2D eigenvalue weighted by molar-refractivity contribution is 0.0601. The molecule has 6 heteroatoms. The number of carbonyl (C=O) groups excluding carboxylic acids is 1. The number of rotatable bonds is 3. The molecule has 0 aromatic carbocycles. The minimum atomic E-state index is -0.515. The van der Waals surface area contributed by atoms with Crippen LogP contribution in [0.4, 0.5) is 0 Å². The van der Waals surface area contributed by atoms with Gasteiger partial charge in [0.2, 0.25) is 0 Å². The summed E-state index contributed by atoms with van der Waals surface area (Å²) in [6, 6.07) is 1.68. The number of nitrogens with zero attached hydrogens (tertiary/aromatic N) is 2. The van der Waals surface area contributed by atoms with Crippen LogP contribution in [0.2, 0.25) is 0 Å². The summed E-state index contributed by atoms with van der Waals surface area (Å²) in [6.07, 6.45) is 1.56. The molecule has 2 aromatic rings. The van der Waals surface area contributed by atoms with Gasteiger partial charge in [0.15, 0.2) is 0 Å². The van der Waals surface area contributed by atoms with Crippen molar-refractivity contribution in [1.82, 2.24) is 9.55 Å². The van der Waals surface area contributed by atoms with Gasteiger partial charge < -0.3 is 14.4 Å². The fourth-order valence-electron chi connectivity index (χ4n) is 2.33. The first-order valence-corrected chi connectivity index (χ1v) is 6.20. The maximum Gasteiger partial charge on any atom is 0.340 e. The standard InChI is InChI=1S/C14H16N2O4/c1-8-11-10(4-5-16(6-7-17)13(11)18)12(9(2)15-8)14(19)20-3/h4-5,17H,6-7H2,1-3H3. The van der Waals surface area contributed by atoms with Crippen molar-refractivity contribution in [2.24, 2.45) is 0 Å². The molecule has 0 fully saturated rings. The molecule has 20 heavy (non-hydrogen) atoms. The van der Waals surface area contributed by atoms with Gasteiger partial charge in [-0.3, -0.25) is 9.78 Å². The van der Waals surface area contributed by atoms with E-state index in [0.717, 1.165) is 0 Å². The normalized spacial score (nSPS) is 10.8. The number of hydrogen-bond acceptors (Lipinski definition) is 5. The van der Waals surface area contributed by atoms with Crippen LogP contribution in [0.3, 0.4) is 0 Å². The van der Waals surface area contributed by atoms with Gasteiger partial charge in [0.05, 0.1) is 36.1 Å². The maximum absolute atomic E-state index is 12.4. The van der Waals surface area contributed by atoms with Crippen LogP contribution in [0.25, 0.3) is 10.8 Å². The number of aliphatic hydroxyl groups excluding tert-OH is 1. The van der Waals surface area contributed by atoms with Crippen LogP contribution in [0.1, 0.15) is 21.7 Å². The molecule has 0 saturated carbocycles. The second-order valence-corrected chi connectivity index (χ2v) is 4.48. The number of aromatic nitrogens is 2. The number of ether oxygens (including phenoxy) is 1. The fourth-order valence-corrected chi connectivity index (χ4v) is 2.33. The third-order valence-corrected chi connectivity index (χ3v) is 3.22. The van der Waals surface area contributed by atoms with E-state index >= 15 is 0 Å². The number of carbonyl (C=O) groups is 1. The van der Waals surface area contributed by atoms with Crippen molar-refractivity contribution in [3.8, 4) is 0 Å². The Morgan fingerprint density at radius 3 is 2.70 bits per heavy atom. The van der Waals surface area contributed by atoms with Crippen LogP contribution >= 0.6 is 0 Å². The third kappa shape index (κ3) is 2.18. The number of methoxy groups -OCH3 is 1. The van der Waals surface area contributed by atoms with E-state index < -0.39 is 5.97 Å². The van der Waals surface area contributed by atoms with Gasteiger partial charge in [-0.1, -0.05) is 0 Å². The third-order valence-electron chi connectivity index (χ3n) is 3.22. The van der Waals surface area contributed by atoms with Crippen molar-refractivity contribution < 1.29 is 14.6 Å². The van der Waals surface area contributed by atoms with E-state index in [-0.39, 0.29) is 18.7 Å². The molecule has 0 aliphatic heterocycles. The number of hydrogen-bond donors (Lipinski definition) is 1. The second-order valence-electron chi connectivity index (χ2n) is 4.48. The second kappa shape index (κ2) is 5.42. The molecule has 0 aliphatic carbocycles. The molecule has 0 spiro atoms. The molecule has 0 radical (unpaired) electrons. The molecule has 2 aromatic heterocycles. The van der Waals surface area contributed by atoms with Crippen LogP contribution in [-0.4, -0.2) is 34.3 Å². The summed E-state index contributed by atoms with van der Waals surface area (Å²) in [7, 11) is 1.29. The lowest BCUT2D eigenvalue weighted by Gasteiger charge is -2.12. The zero-order valence-electron chi connectivity index (χ0n) is 11.6. The molecular formula is C14H16N2O4. The smallest absolute Gasteiger partial charge is 0.340 e. The Morgan fingerprint density at radius 2 is 2.10 bits per heavy atom. The highest BCUT2D eigenvalue weighted by atomic mass is 16.5. The Labute approximate surface area is 115 Å². The van der Waals surface area contributed by atoms with Crippen LogP contribution in [0, 0.1) is 13.8 Å². The van der Waals surface area contributed by atoms with Gasteiger partial charge >= 0.3 is 5.97 Å². The first-order chi connectivity index (χ1) is 9.51. The lowest BCUT2D eigenvalue weighted by atomic mass is 10.0. The summed E-state index contributed by atoms with van der Waals surface area (Å²) < 4.78 is 6.15. The quantitative estimate of drug-likeness (QED) is 0.838. The van der Waals surface area contributed by atoms with Crippen molar-refractivity contribution in [2.45, 2.75) is 20.4 Å². The van der Waals surface area contributed by atoms with Gasteiger partial charge in [0.1, 0.15) is 0 Å². The van der Waals surface area contributed by atoms with E-state index in [0.29, 0.717) is 27.7 Å². The van der Waals surface area contributed by atoms with Crippen molar-refractivity contribution in [1.29, 1.82) is 0 Å². The van der Waals surface area contributed by atoms with Gasteiger partial charge in [-0.2, -0.15) is 0 Å². The highest BCUT2D eigenvalue weighted by Gasteiger charge is 2.19. The van der Waals surface area contributed by atoms with Crippen molar-refractivity contribution >= 4 is 16.7 Å². The van der Waals surface area contributed by atoms with Crippen molar-refractivity contribution in [3.63, 3.8) is 0 Å². The van der Waals surface area contributed by atoms with E-state index in [1.54, 1.807) is 26.1 Å². The molecule has 6 nitrogen and oxygen atoms in total. The Bertz CT molecular complexity index is 734.